The zero-order valence-electron chi connectivity index (χ0n) is 22.1. The van der Waals surface area contributed by atoms with Crippen molar-refractivity contribution in [1.29, 1.82) is 0 Å². The molecule has 0 spiro atoms. The first kappa shape index (κ1) is 27.5. The predicted molar refractivity (Wildman–Crippen MR) is 142 cm³/mol. The maximum Gasteiger partial charge on any atom is 0.319 e. The smallest absolute Gasteiger partial charge is 0.319 e. The Morgan fingerprint density at radius 2 is 1.89 bits per heavy atom. The Morgan fingerprint density at radius 3 is 2.58 bits per heavy atom. The Morgan fingerprint density at radius 1 is 1.14 bits per heavy atom. The summed E-state index contributed by atoms with van der Waals surface area (Å²) in [6.45, 7) is 9.34. The Bertz CT molecular complexity index is 1000. The van der Waals surface area contributed by atoms with Crippen LogP contribution in [0.5, 0.6) is 5.75 Å². The molecule has 3 rings (SSSR count). The molecule has 0 aliphatic carbocycles. The summed E-state index contributed by atoms with van der Waals surface area (Å²) >= 11 is 0. The van der Waals surface area contributed by atoms with Gasteiger partial charge in [-0.25, -0.2) is 4.79 Å². The highest BCUT2D eigenvalue weighted by Gasteiger charge is 2.28. The molecule has 0 saturated carbocycles. The van der Waals surface area contributed by atoms with Gasteiger partial charge in [0.25, 0.3) is 5.91 Å². The Labute approximate surface area is 214 Å². The second kappa shape index (κ2) is 13.3. The van der Waals surface area contributed by atoms with E-state index in [2.05, 4.69) is 53.6 Å². The van der Waals surface area contributed by atoms with Gasteiger partial charge in [0.2, 0.25) is 0 Å². The molecule has 0 bridgehead atoms. The number of nitrogens with zero attached hydrogens (tertiary/aromatic N) is 2. The second-order valence-electron chi connectivity index (χ2n) is 9.60. The van der Waals surface area contributed by atoms with Crippen LogP contribution in [0.3, 0.4) is 0 Å². The van der Waals surface area contributed by atoms with E-state index in [4.69, 9.17) is 9.47 Å². The van der Waals surface area contributed by atoms with E-state index in [0.717, 1.165) is 19.5 Å². The topological polar surface area (TPSA) is 83.1 Å². The van der Waals surface area contributed by atoms with Crippen LogP contribution in [-0.2, 0) is 11.3 Å². The summed E-state index contributed by atoms with van der Waals surface area (Å²) in [5.74, 6) is 0.511. The minimum Gasteiger partial charge on any atom is -0.491 e. The zero-order chi connectivity index (χ0) is 26.1. The quantitative estimate of drug-likeness (QED) is 0.626. The molecule has 0 saturated heterocycles. The highest BCUT2D eigenvalue weighted by molar-refractivity contribution is 5.99. The third-order valence-electron chi connectivity index (χ3n) is 6.60. The fourth-order valence-corrected chi connectivity index (χ4v) is 4.38. The number of ether oxygens (including phenoxy) is 2. The number of benzene rings is 2. The maximum atomic E-state index is 13.5. The van der Waals surface area contributed by atoms with Crippen LogP contribution in [0.4, 0.5) is 10.5 Å². The number of carbonyl (C=O) groups excluding carboxylic acids is 2. The maximum absolute atomic E-state index is 13.5. The van der Waals surface area contributed by atoms with E-state index in [9.17, 15) is 9.59 Å². The highest BCUT2D eigenvalue weighted by Crippen LogP contribution is 2.27. The van der Waals surface area contributed by atoms with Crippen molar-refractivity contribution in [1.82, 2.24) is 15.1 Å². The van der Waals surface area contributed by atoms with Gasteiger partial charge in [0.15, 0.2) is 0 Å². The molecule has 1 aliphatic heterocycles. The second-order valence-corrected chi connectivity index (χ2v) is 9.60. The van der Waals surface area contributed by atoms with Crippen molar-refractivity contribution in [2.24, 2.45) is 5.92 Å². The van der Waals surface area contributed by atoms with Gasteiger partial charge in [-0.15, -0.1) is 0 Å². The van der Waals surface area contributed by atoms with Crippen molar-refractivity contribution in [3.8, 4) is 5.75 Å². The SMILES string of the molecule is CCCNC(=O)Nc1ccc2c(c1)C(=O)N(C)C[C@H](OC)[C@@H](C)CN(Cc1ccccc1)[C@@H](C)CO2. The van der Waals surface area contributed by atoms with Crippen molar-refractivity contribution in [2.75, 3.05) is 45.7 Å². The molecular formula is C28H40N4O4. The minimum absolute atomic E-state index is 0.0999. The first-order chi connectivity index (χ1) is 17.3. The lowest BCUT2D eigenvalue weighted by atomic mass is 10.0. The van der Waals surface area contributed by atoms with Gasteiger partial charge in [-0.1, -0.05) is 44.2 Å². The van der Waals surface area contributed by atoms with E-state index in [0.29, 0.717) is 36.7 Å². The van der Waals surface area contributed by atoms with Gasteiger partial charge in [-0.3, -0.25) is 9.69 Å². The molecule has 8 heteroatoms. The number of hydrogen-bond donors (Lipinski definition) is 2. The average Bonchev–Trinajstić information content (AvgIpc) is 2.88. The number of likely N-dealkylation sites (N-methyl/N-ethyl adjacent to an activating group) is 1. The third kappa shape index (κ3) is 7.45. The molecular weight excluding hydrogens is 456 g/mol. The van der Waals surface area contributed by atoms with E-state index in [1.54, 1.807) is 37.3 Å². The van der Waals surface area contributed by atoms with Crippen molar-refractivity contribution < 1.29 is 19.1 Å². The van der Waals surface area contributed by atoms with Gasteiger partial charge in [-0.05, 0) is 43.0 Å². The van der Waals surface area contributed by atoms with Crippen LogP contribution in [0, 0.1) is 5.92 Å². The summed E-state index contributed by atoms with van der Waals surface area (Å²) in [6.07, 6.45) is 0.710. The van der Waals surface area contributed by atoms with Crippen molar-refractivity contribution in [3.05, 3.63) is 59.7 Å². The van der Waals surface area contributed by atoms with E-state index < -0.39 is 0 Å². The van der Waals surface area contributed by atoms with Crippen LogP contribution in [0.2, 0.25) is 0 Å². The fraction of sp³-hybridized carbons (Fsp3) is 0.500. The standard InChI is InChI=1S/C28H40N4O4/c1-6-14-29-28(34)30-23-12-13-25-24(15-23)27(33)31(4)18-26(35-5)20(2)16-32(21(3)19-36-25)17-22-10-8-7-9-11-22/h7-13,15,20-21,26H,6,14,16-19H2,1-5H3,(H2,29,30,34)/t20-,21-,26-/m0/s1. The van der Waals surface area contributed by atoms with E-state index in [1.807, 2.05) is 13.0 Å². The van der Waals surface area contributed by atoms with Crippen LogP contribution in [0.15, 0.2) is 48.5 Å². The summed E-state index contributed by atoms with van der Waals surface area (Å²) in [5, 5.41) is 5.60. The van der Waals surface area contributed by atoms with Crippen molar-refractivity contribution >= 4 is 17.6 Å². The summed E-state index contributed by atoms with van der Waals surface area (Å²) < 4.78 is 12.1. The first-order valence-corrected chi connectivity index (χ1v) is 12.7. The molecule has 0 fully saturated rings. The minimum atomic E-state index is -0.301. The van der Waals surface area contributed by atoms with Crippen LogP contribution in [-0.4, -0.2) is 74.3 Å². The largest absolute Gasteiger partial charge is 0.491 e. The molecule has 2 N–H and O–H groups in total. The average molecular weight is 497 g/mol. The van der Waals surface area contributed by atoms with Crippen LogP contribution < -0.4 is 15.4 Å². The molecule has 2 aromatic rings. The number of hydrogen-bond acceptors (Lipinski definition) is 5. The third-order valence-corrected chi connectivity index (χ3v) is 6.60. The summed E-state index contributed by atoms with van der Waals surface area (Å²) in [7, 11) is 3.47. The molecule has 3 atom stereocenters. The summed E-state index contributed by atoms with van der Waals surface area (Å²) in [5.41, 5.74) is 2.19. The number of rotatable bonds is 6. The normalized spacial score (nSPS) is 21.5. The van der Waals surface area contributed by atoms with Crippen molar-refractivity contribution in [2.45, 2.75) is 45.9 Å². The molecule has 36 heavy (non-hydrogen) atoms. The lowest BCUT2D eigenvalue weighted by Crippen LogP contribution is -2.46. The van der Waals surface area contributed by atoms with Crippen molar-refractivity contribution in [3.63, 3.8) is 0 Å². The van der Waals surface area contributed by atoms with E-state index in [-0.39, 0.29) is 30.0 Å². The molecule has 0 radical (unpaired) electrons. The molecule has 8 nitrogen and oxygen atoms in total. The Balaban J connectivity index is 1.89. The molecule has 1 aliphatic rings. The van der Waals surface area contributed by atoms with Gasteiger partial charge in [0.05, 0.1) is 11.7 Å². The lowest BCUT2D eigenvalue weighted by Gasteiger charge is -2.36. The number of methoxy groups -OCH3 is 1. The number of nitrogens with one attached hydrogen (secondary N) is 2. The number of carbonyl (C=O) groups is 2. The van der Waals surface area contributed by atoms with Gasteiger partial charge < -0.3 is 25.0 Å². The monoisotopic (exact) mass is 496 g/mol. The molecule has 2 aromatic carbocycles. The predicted octanol–water partition coefficient (Wildman–Crippen LogP) is 4.22. The van der Waals surface area contributed by atoms with Crippen LogP contribution in [0.25, 0.3) is 0 Å². The van der Waals surface area contributed by atoms with E-state index >= 15 is 0 Å². The van der Waals surface area contributed by atoms with Gasteiger partial charge in [0.1, 0.15) is 12.4 Å². The highest BCUT2D eigenvalue weighted by atomic mass is 16.5. The van der Waals surface area contributed by atoms with Gasteiger partial charge in [0, 0.05) is 52.1 Å². The zero-order valence-corrected chi connectivity index (χ0v) is 22.1. The summed E-state index contributed by atoms with van der Waals surface area (Å²) in [4.78, 5) is 29.7. The molecule has 196 valence electrons. The number of amides is 3. The van der Waals surface area contributed by atoms with Gasteiger partial charge in [-0.2, -0.15) is 0 Å². The Hall–Kier alpha value is -3.10. The fourth-order valence-electron chi connectivity index (χ4n) is 4.38. The van der Waals surface area contributed by atoms with Crippen LogP contribution in [0.1, 0.15) is 43.1 Å². The number of anilines is 1. The number of fused-ring (bicyclic) bond motifs is 1. The molecule has 0 aromatic heterocycles. The lowest BCUT2D eigenvalue weighted by molar-refractivity contribution is 0.00921. The molecule has 3 amide bonds. The molecule has 0 unspecified atom stereocenters. The number of urea groups is 1. The van der Waals surface area contributed by atoms with Crippen LogP contribution >= 0.6 is 0 Å². The Kier molecular flexibility index (Phi) is 10.1. The van der Waals surface area contributed by atoms with E-state index in [1.165, 1.54) is 5.56 Å². The first-order valence-electron chi connectivity index (χ1n) is 12.7. The molecule has 1 heterocycles. The van der Waals surface area contributed by atoms with Gasteiger partial charge >= 0.3 is 6.03 Å². The summed E-state index contributed by atoms with van der Waals surface area (Å²) in [6, 6.07) is 15.4.